The number of nitrogens with zero attached hydrogens (tertiary/aromatic N) is 1. The van der Waals surface area contributed by atoms with E-state index in [0.717, 1.165) is 12.1 Å². The van der Waals surface area contributed by atoms with Crippen LogP contribution < -0.4 is 0 Å². The predicted molar refractivity (Wildman–Crippen MR) is 70.0 cm³/mol. The zero-order chi connectivity index (χ0) is 13.9. The fourth-order valence-electron chi connectivity index (χ4n) is 1.41. The van der Waals surface area contributed by atoms with Gasteiger partial charge in [0.2, 0.25) is 0 Å². The Morgan fingerprint density at radius 3 is 2.56 bits per heavy atom. The first-order valence-electron chi connectivity index (χ1n) is 5.00. The first-order valence-corrected chi connectivity index (χ1v) is 7.57. The average molecular weight is 312 g/mol. The first kappa shape index (κ1) is 15.2. The number of halogens is 2. The van der Waals surface area contributed by atoms with Gasteiger partial charge in [0.1, 0.15) is 4.90 Å². The Morgan fingerprint density at radius 1 is 1.44 bits per heavy atom. The molecule has 0 aromatic heterocycles. The molecule has 1 atom stereocenters. The zero-order valence-electron chi connectivity index (χ0n) is 9.47. The number of nitro benzene ring substituents is 1. The van der Waals surface area contributed by atoms with Crippen LogP contribution in [0.15, 0.2) is 23.1 Å². The Hall–Kier alpha value is -0.850. The minimum Gasteiger partial charge on any atom is -0.258 e. The summed E-state index contributed by atoms with van der Waals surface area (Å²) < 4.78 is 24.1. The van der Waals surface area contributed by atoms with E-state index in [1.165, 1.54) is 6.07 Å². The van der Waals surface area contributed by atoms with Gasteiger partial charge in [0, 0.05) is 17.0 Å². The highest BCUT2D eigenvalue weighted by Gasteiger charge is 2.27. The van der Waals surface area contributed by atoms with E-state index in [0.29, 0.717) is 0 Å². The molecule has 1 unspecified atom stereocenters. The van der Waals surface area contributed by atoms with Crippen molar-refractivity contribution >= 4 is 38.7 Å². The third-order valence-electron chi connectivity index (χ3n) is 2.22. The Kier molecular flexibility index (Phi) is 4.95. The van der Waals surface area contributed by atoms with Crippen molar-refractivity contribution in [2.75, 3.05) is 11.6 Å². The van der Waals surface area contributed by atoms with Crippen molar-refractivity contribution in [2.24, 2.45) is 5.92 Å². The summed E-state index contributed by atoms with van der Waals surface area (Å²) in [6.07, 6.45) is 0. The highest BCUT2D eigenvalue weighted by molar-refractivity contribution is 7.91. The summed E-state index contributed by atoms with van der Waals surface area (Å²) in [5, 5.41) is 10.9. The molecule has 0 aliphatic rings. The van der Waals surface area contributed by atoms with Gasteiger partial charge < -0.3 is 0 Å². The summed E-state index contributed by atoms with van der Waals surface area (Å²) in [5.74, 6) is -0.355. The van der Waals surface area contributed by atoms with Gasteiger partial charge in [-0.2, -0.15) is 0 Å². The molecule has 0 amide bonds. The molecule has 0 aliphatic heterocycles. The quantitative estimate of drug-likeness (QED) is 0.476. The molecule has 18 heavy (non-hydrogen) atoms. The maximum Gasteiger partial charge on any atom is 0.289 e. The lowest BCUT2D eigenvalue weighted by atomic mass is 10.3. The highest BCUT2D eigenvalue weighted by Crippen LogP contribution is 2.28. The molecule has 5 nitrogen and oxygen atoms in total. The standard InChI is InChI=1S/C10H11Cl2NO4S/c1-7(5-11)6-18(16,17)10-3-2-8(12)4-9(10)13(14)15/h2-4,7H,5-6H2,1H3. The lowest BCUT2D eigenvalue weighted by molar-refractivity contribution is -0.387. The normalized spacial score (nSPS) is 13.3. The number of benzene rings is 1. The number of hydrogen-bond acceptors (Lipinski definition) is 4. The van der Waals surface area contributed by atoms with Gasteiger partial charge in [0.25, 0.3) is 5.69 Å². The molecule has 8 heteroatoms. The van der Waals surface area contributed by atoms with Gasteiger partial charge >= 0.3 is 0 Å². The molecule has 100 valence electrons. The molecule has 0 radical (unpaired) electrons. The van der Waals surface area contributed by atoms with Crippen molar-refractivity contribution in [2.45, 2.75) is 11.8 Å². The van der Waals surface area contributed by atoms with E-state index in [1.807, 2.05) is 0 Å². The van der Waals surface area contributed by atoms with Crippen molar-refractivity contribution in [3.05, 3.63) is 33.3 Å². The largest absolute Gasteiger partial charge is 0.289 e. The van der Waals surface area contributed by atoms with Gasteiger partial charge in [-0.25, -0.2) is 8.42 Å². The van der Waals surface area contributed by atoms with Gasteiger partial charge in [-0.05, 0) is 18.1 Å². The Balaban J connectivity index is 3.28. The fourth-order valence-corrected chi connectivity index (χ4v) is 3.58. The van der Waals surface area contributed by atoms with Crippen LogP contribution in [0.4, 0.5) is 5.69 Å². The van der Waals surface area contributed by atoms with Gasteiger partial charge in [-0.15, -0.1) is 11.6 Å². The van der Waals surface area contributed by atoms with Crippen molar-refractivity contribution in [3.8, 4) is 0 Å². The van der Waals surface area contributed by atoms with Crippen molar-refractivity contribution in [1.82, 2.24) is 0 Å². The molecule has 0 heterocycles. The van der Waals surface area contributed by atoms with E-state index in [4.69, 9.17) is 23.2 Å². The minimum absolute atomic E-state index is 0.117. The molecular weight excluding hydrogens is 301 g/mol. The fraction of sp³-hybridized carbons (Fsp3) is 0.400. The van der Waals surface area contributed by atoms with Crippen molar-refractivity contribution < 1.29 is 13.3 Å². The van der Waals surface area contributed by atoms with Crippen LogP contribution in [0.25, 0.3) is 0 Å². The van der Waals surface area contributed by atoms with Crippen LogP contribution in [-0.2, 0) is 9.84 Å². The minimum atomic E-state index is -3.75. The molecule has 0 saturated heterocycles. The number of rotatable bonds is 5. The average Bonchev–Trinajstić information content (AvgIpc) is 2.27. The number of sulfone groups is 1. The Labute approximate surface area is 115 Å². The molecule has 0 saturated carbocycles. The van der Waals surface area contributed by atoms with Crippen LogP contribution in [0.2, 0.25) is 5.02 Å². The Morgan fingerprint density at radius 2 is 2.06 bits per heavy atom. The topological polar surface area (TPSA) is 77.3 Å². The van der Waals surface area contributed by atoms with Crippen LogP contribution >= 0.6 is 23.2 Å². The molecular formula is C10H11Cl2NO4S. The second kappa shape index (κ2) is 5.86. The molecule has 0 bridgehead atoms. The Bertz CT molecular complexity index is 559. The monoisotopic (exact) mass is 311 g/mol. The van der Waals surface area contributed by atoms with Crippen LogP contribution in [0.5, 0.6) is 0 Å². The first-order chi connectivity index (χ1) is 8.27. The number of hydrogen-bond donors (Lipinski definition) is 0. The van der Waals surface area contributed by atoms with E-state index >= 15 is 0 Å². The number of alkyl halides is 1. The summed E-state index contributed by atoms with van der Waals surface area (Å²) in [6.45, 7) is 1.66. The summed E-state index contributed by atoms with van der Waals surface area (Å²) in [7, 11) is -3.75. The van der Waals surface area contributed by atoms with Gasteiger partial charge in [0.15, 0.2) is 9.84 Å². The van der Waals surface area contributed by atoms with Crippen molar-refractivity contribution in [1.29, 1.82) is 0 Å². The zero-order valence-corrected chi connectivity index (χ0v) is 11.8. The third-order valence-corrected chi connectivity index (χ3v) is 5.01. The molecule has 1 rings (SSSR count). The van der Waals surface area contributed by atoms with Crippen LogP contribution in [0, 0.1) is 16.0 Å². The summed E-state index contributed by atoms with van der Waals surface area (Å²) in [4.78, 5) is 9.75. The summed E-state index contributed by atoms with van der Waals surface area (Å²) in [6, 6.07) is 3.49. The maximum atomic E-state index is 12.0. The summed E-state index contributed by atoms with van der Waals surface area (Å²) >= 11 is 11.2. The van der Waals surface area contributed by atoms with Gasteiger partial charge in [-0.1, -0.05) is 18.5 Å². The highest BCUT2D eigenvalue weighted by atomic mass is 35.5. The van der Waals surface area contributed by atoms with E-state index in [9.17, 15) is 18.5 Å². The molecule has 0 N–H and O–H groups in total. The second-order valence-corrected chi connectivity index (χ2v) is 6.66. The molecule has 0 fully saturated rings. The van der Waals surface area contributed by atoms with Crippen molar-refractivity contribution in [3.63, 3.8) is 0 Å². The van der Waals surface area contributed by atoms with E-state index < -0.39 is 20.4 Å². The lowest BCUT2D eigenvalue weighted by Gasteiger charge is -2.09. The molecule has 0 aliphatic carbocycles. The molecule has 1 aromatic rings. The van der Waals surface area contributed by atoms with Gasteiger partial charge in [0.05, 0.1) is 10.7 Å². The van der Waals surface area contributed by atoms with E-state index in [1.54, 1.807) is 6.92 Å². The molecule has 0 spiro atoms. The number of nitro groups is 1. The summed E-state index contributed by atoms with van der Waals surface area (Å²) in [5.41, 5.74) is -0.510. The lowest BCUT2D eigenvalue weighted by Crippen LogP contribution is -2.16. The van der Waals surface area contributed by atoms with Crippen LogP contribution in [0.3, 0.4) is 0 Å². The van der Waals surface area contributed by atoms with E-state index in [-0.39, 0.29) is 27.5 Å². The molecule has 1 aromatic carbocycles. The SMILES string of the molecule is CC(CCl)CS(=O)(=O)c1ccc(Cl)cc1[N+](=O)[O-]. The second-order valence-electron chi connectivity index (χ2n) is 3.91. The smallest absolute Gasteiger partial charge is 0.258 e. The third kappa shape index (κ3) is 3.57. The maximum absolute atomic E-state index is 12.0. The predicted octanol–water partition coefficient (Wildman–Crippen LogP) is 2.90. The van der Waals surface area contributed by atoms with Crippen LogP contribution in [0.1, 0.15) is 6.92 Å². The van der Waals surface area contributed by atoms with Gasteiger partial charge in [-0.3, -0.25) is 10.1 Å². The van der Waals surface area contributed by atoms with Crippen LogP contribution in [-0.4, -0.2) is 25.0 Å². The van der Waals surface area contributed by atoms with E-state index in [2.05, 4.69) is 0 Å².